The summed E-state index contributed by atoms with van der Waals surface area (Å²) < 4.78 is 48.2. The molecule has 2 aromatic rings. The monoisotopic (exact) mass is 369 g/mol. The van der Waals surface area contributed by atoms with Crippen LogP contribution in [0.1, 0.15) is 24.3 Å². The summed E-state index contributed by atoms with van der Waals surface area (Å²) >= 11 is 0. The van der Waals surface area contributed by atoms with Gasteiger partial charge in [-0.1, -0.05) is 17.3 Å². The molecule has 1 N–H and O–H groups in total. The van der Waals surface area contributed by atoms with Crippen LogP contribution in [0.15, 0.2) is 28.8 Å². The molecule has 1 fully saturated rings. The smallest absolute Gasteiger partial charge is 0.416 e. The Morgan fingerprint density at radius 2 is 2.19 bits per heavy atom. The third-order valence-electron chi connectivity index (χ3n) is 3.85. The predicted octanol–water partition coefficient (Wildman–Crippen LogP) is 2.32. The normalized spacial score (nSPS) is 17.7. The Kier molecular flexibility index (Phi) is 4.92. The SMILES string of the molecule is O=C1CCC(C(=O)OCc2nc(-c3cccc(C(F)(F)F)c3)no2)CN1. The van der Waals surface area contributed by atoms with Crippen LogP contribution in [0.25, 0.3) is 11.4 Å². The number of carbonyl (C=O) groups is 2. The lowest BCUT2D eigenvalue weighted by Gasteiger charge is -2.20. The lowest BCUT2D eigenvalue weighted by Crippen LogP contribution is -2.39. The van der Waals surface area contributed by atoms with Crippen molar-refractivity contribution >= 4 is 11.9 Å². The van der Waals surface area contributed by atoms with Gasteiger partial charge in [0.2, 0.25) is 11.7 Å². The van der Waals surface area contributed by atoms with Crippen molar-refractivity contribution < 1.29 is 32.0 Å². The zero-order valence-corrected chi connectivity index (χ0v) is 13.4. The number of piperidine rings is 1. The van der Waals surface area contributed by atoms with Crippen LogP contribution < -0.4 is 5.32 Å². The highest BCUT2D eigenvalue weighted by atomic mass is 19.4. The molecule has 0 bridgehead atoms. The third-order valence-corrected chi connectivity index (χ3v) is 3.85. The predicted molar refractivity (Wildman–Crippen MR) is 80.3 cm³/mol. The fourth-order valence-electron chi connectivity index (χ4n) is 2.45. The van der Waals surface area contributed by atoms with Gasteiger partial charge < -0.3 is 14.6 Å². The van der Waals surface area contributed by atoms with E-state index in [0.29, 0.717) is 6.42 Å². The number of aromatic nitrogens is 2. The largest absolute Gasteiger partial charge is 0.455 e. The maximum atomic E-state index is 12.8. The molecule has 0 saturated carbocycles. The fourth-order valence-corrected chi connectivity index (χ4v) is 2.45. The van der Waals surface area contributed by atoms with Crippen LogP contribution in [0.3, 0.4) is 0 Å². The lowest BCUT2D eigenvalue weighted by atomic mass is 10.00. The average Bonchev–Trinajstić information content (AvgIpc) is 3.09. The number of ether oxygens (including phenoxy) is 1. The molecule has 1 amide bonds. The highest BCUT2D eigenvalue weighted by Crippen LogP contribution is 2.31. The van der Waals surface area contributed by atoms with Gasteiger partial charge in [0.05, 0.1) is 11.5 Å². The van der Waals surface area contributed by atoms with E-state index in [1.165, 1.54) is 12.1 Å². The van der Waals surface area contributed by atoms with Crippen molar-refractivity contribution in [2.24, 2.45) is 5.92 Å². The van der Waals surface area contributed by atoms with Crippen LogP contribution in [0, 0.1) is 5.92 Å². The van der Waals surface area contributed by atoms with Gasteiger partial charge in [-0.3, -0.25) is 9.59 Å². The van der Waals surface area contributed by atoms with Crippen molar-refractivity contribution in [2.75, 3.05) is 6.54 Å². The van der Waals surface area contributed by atoms with E-state index in [4.69, 9.17) is 9.26 Å². The Bertz CT molecular complexity index is 809. The van der Waals surface area contributed by atoms with E-state index in [0.717, 1.165) is 12.1 Å². The van der Waals surface area contributed by atoms with E-state index in [9.17, 15) is 22.8 Å². The third kappa shape index (κ3) is 4.19. The summed E-state index contributed by atoms with van der Waals surface area (Å²) in [4.78, 5) is 26.9. The van der Waals surface area contributed by atoms with E-state index in [-0.39, 0.29) is 42.8 Å². The Labute approximate surface area is 145 Å². The van der Waals surface area contributed by atoms with E-state index in [1.54, 1.807) is 0 Å². The lowest BCUT2D eigenvalue weighted by molar-refractivity contribution is -0.151. The van der Waals surface area contributed by atoms with Gasteiger partial charge in [0, 0.05) is 18.5 Å². The minimum atomic E-state index is -4.48. The summed E-state index contributed by atoms with van der Waals surface area (Å²) in [5.74, 6) is -1.14. The van der Waals surface area contributed by atoms with Gasteiger partial charge in [-0.15, -0.1) is 0 Å². The fraction of sp³-hybridized carbons (Fsp3) is 0.375. The van der Waals surface area contributed by atoms with Gasteiger partial charge in [0.15, 0.2) is 6.61 Å². The summed E-state index contributed by atoms with van der Waals surface area (Å²) in [6.45, 7) is -0.0910. The first-order chi connectivity index (χ1) is 12.3. The van der Waals surface area contributed by atoms with Crippen LogP contribution in [0.2, 0.25) is 0 Å². The Morgan fingerprint density at radius 1 is 1.38 bits per heavy atom. The molecule has 3 rings (SSSR count). The van der Waals surface area contributed by atoms with Crippen LogP contribution in [0.5, 0.6) is 0 Å². The zero-order chi connectivity index (χ0) is 18.7. The number of amides is 1. The second kappa shape index (κ2) is 7.14. The molecule has 0 aliphatic carbocycles. The maximum Gasteiger partial charge on any atom is 0.416 e. The van der Waals surface area contributed by atoms with Gasteiger partial charge in [-0.05, 0) is 18.6 Å². The molecule has 1 unspecified atom stereocenters. The molecule has 7 nitrogen and oxygen atoms in total. The molecular weight excluding hydrogens is 355 g/mol. The van der Waals surface area contributed by atoms with Crippen LogP contribution in [0.4, 0.5) is 13.2 Å². The minimum Gasteiger partial charge on any atom is -0.455 e. The number of nitrogens with zero attached hydrogens (tertiary/aromatic N) is 2. The van der Waals surface area contributed by atoms with Crippen molar-refractivity contribution in [3.8, 4) is 11.4 Å². The number of hydrogen-bond acceptors (Lipinski definition) is 6. The molecule has 0 radical (unpaired) electrons. The molecule has 1 saturated heterocycles. The summed E-state index contributed by atoms with van der Waals surface area (Å²) in [6.07, 6.45) is -3.84. The highest BCUT2D eigenvalue weighted by Gasteiger charge is 2.31. The standard InChI is InChI=1S/C16H14F3N3O4/c17-16(18,19)11-3-1-2-9(6-11)14-21-13(26-22-14)8-25-15(24)10-4-5-12(23)20-7-10/h1-3,6,10H,4-5,7-8H2,(H,20,23). The van der Waals surface area contributed by atoms with Crippen LogP contribution in [-0.2, 0) is 27.1 Å². The number of hydrogen-bond donors (Lipinski definition) is 1. The minimum absolute atomic E-state index is 0.0351. The molecule has 1 aliphatic rings. The summed E-state index contributed by atoms with van der Waals surface area (Å²) in [5, 5.41) is 6.18. The van der Waals surface area contributed by atoms with Crippen molar-refractivity contribution in [1.29, 1.82) is 0 Å². The van der Waals surface area contributed by atoms with Crippen LogP contribution >= 0.6 is 0 Å². The molecule has 26 heavy (non-hydrogen) atoms. The Balaban J connectivity index is 1.62. The maximum absolute atomic E-state index is 12.8. The number of benzene rings is 1. The van der Waals surface area contributed by atoms with Crippen LogP contribution in [-0.4, -0.2) is 28.6 Å². The molecule has 1 atom stereocenters. The molecule has 10 heteroatoms. The van der Waals surface area contributed by atoms with Crippen molar-refractivity contribution in [1.82, 2.24) is 15.5 Å². The van der Waals surface area contributed by atoms with Gasteiger partial charge in [0.25, 0.3) is 5.89 Å². The molecule has 2 heterocycles. The molecule has 0 spiro atoms. The molecule has 1 aromatic carbocycles. The Hall–Kier alpha value is -2.91. The van der Waals surface area contributed by atoms with E-state index in [2.05, 4.69) is 15.5 Å². The van der Waals surface area contributed by atoms with Gasteiger partial charge in [0.1, 0.15) is 0 Å². The molecular formula is C16H14F3N3O4. The van der Waals surface area contributed by atoms with Crippen molar-refractivity contribution in [3.05, 3.63) is 35.7 Å². The van der Waals surface area contributed by atoms with Gasteiger partial charge in [-0.25, -0.2) is 0 Å². The van der Waals surface area contributed by atoms with Gasteiger partial charge in [-0.2, -0.15) is 18.2 Å². The van der Waals surface area contributed by atoms with E-state index in [1.807, 2.05) is 0 Å². The quantitative estimate of drug-likeness (QED) is 0.832. The number of rotatable bonds is 4. The number of carbonyl (C=O) groups excluding carboxylic acids is 2. The molecule has 1 aromatic heterocycles. The first kappa shape index (κ1) is 17.9. The first-order valence-electron chi connectivity index (χ1n) is 7.76. The number of halogens is 3. The van der Waals surface area contributed by atoms with Crippen molar-refractivity contribution in [2.45, 2.75) is 25.6 Å². The number of esters is 1. The molecule has 1 aliphatic heterocycles. The van der Waals surface area contributed by atoms with Gasteiger partial charge >= 0.3 is 12.1 Å². The topological polar surface area (TPSA) is 94.3 Å². The number of alkyl halides is 3. The average molecular weight is 369 g/mol. The summed E-state index contributed by atoms with van der Waals surface area (Å²) in [7, 11) is 0. The number of nitrogens with one attached hydrogen (secondary N) is 1. The van der Waals surface area contributed by atoms with E-state index >= 15 is 0 Å². The second-order valence-corrected chi connectivity index (χ2v) is 5.74. The summed E-state index contributed by atoms with van der Waals surface area (Å²) in [6, 6.07) is 4.51. The summed E-state index contributed by atoms with van der Waals surface area (Å²) in [5.41, 5.74) is -0.691. The Morgan fingerprint density at radius 3 is 2.88 bits per heavy atom. The van der Waals surface area contributed by atoms with E-state index < -0.39 is 23.6 Å². The first-order valence-corrected chi connectivity index (χ1v) is 7.76. The van der Waals surface area contributed by atoms with Crippen molar-refractivity contribution in [3.63, 3.8) is 0 Å². The molecule has 138 valence electrons. The second-order valence-electron chi connectivity index (χ2n) is 5.74. The zero-order valence-electron chi connectivity index (χ0n) is 13.4. The highest BCUT2D eigenvalue weighted by molar-refractivity contribution is 5.80.